The quantitative estimate of drug-likeness (QED) is 0.820. The Morgan fingerprint density at radius 2 is 2.04 bits per heavy atom. The molecule has 0 atom stereocenters. The van der Waals surface area contributed by atoms with E-state index in [2.05, 4.69) is 15.5 Å². The summed E-state index contributed by atoms with van der Waals surface area (Å²) in [5, 5.41) is 9.78. The number of fused-ring (bicyclic) bond motifs is 1. The maximum absolute atomic E-state index is 12.6. The fourth-order valence-electron chi connectivity index (χ4n) is 1.79. The summed E-state index contributed by atoms with van der Waals surface area (Å²) in [6.45, 7) is -0.489. The summed E-state index contributed by atoms with van der Waals surface area (Å²) in [5.74, 6) is -0.360. The van der Waals surface area contributed by atoms with E-state index in [1.54, 1.807) is 0 Å². The largest absolute Gasteiger partial charge is 0.416 e. The van der Waals surface area contributed by atoms with E-state index >= 15 is 0 Å². The van der Waals surface area contributed by atoms with Crippen molar-refractivity contribution in [1.82, 2.24) is 24.2 Å². The molecule has 8 nitrogen and oxygen atoms in total. The lowest BCUT2D eigenvalue weighted by molar-refractivity contribution is -0.137. The van der Waals surface area contributed by atoms with Gasteiger partial charge in [-0.1, -0.05) is 0 Å². The second-order valence-corrected chi connectivity index (χ2v) is 7.14. The zero-order valence-electron chi connectivity index (χ0n) is 12.7. The first-order valence-corrected chi connectivity index (χ1v) is 8.42. The molecule has 0 radical (unpaired) electrons. The van der Waals surface area contributed by atoms with Crippen molar-refractivity contribution in [3.63, 3.8) is 0 Å². The number of likely N-dealkylation sites (N-methyl/N-ethyl adjacent to an activating group) is 1. The number of carbonyl (C=O) groups is 1. The summed E-state index contributed by atoms with van der Waals surface area (Å²) in [6.07, 6.45) is -2.37. The van der Waals surface area contributed by atoms with E-state index in [-0.39, 0.29) is 24.6 Å². The van der Waals surface area contributed by atoms with E-state index in [1.165, 1.54) is 11.4 Å². The van der Waals surface area contributed by atoms with Gasteiger partial charge in [-0.15, -0.1) is 10.2 Å². The van der Waals surface area contributed by atoms with E-state index < -0.39 is 27.7 Å². The van der Waals surface area contributed by atoms with E-state index in [4.69, 9.17) is 0 Å². The lowest BCUT2D eigenvalue weighted by atomic mass is 10.2. The van der Waals surface area contributed by atoms with Gasteiger partial charge >= 0.3 is 6.18 Å². The van der Waals surface area contributed by atoms with Crippen LogP contribution in [-0.2, 0) is 27.5 Å². The minimum absolute atomic E-state index is 0.0117. The molecule has 1 N–H and O–H groups in total. The van der Waals surface area contributed by atoms with Gasteiger partial charge in [0.25, 0.3) is 0 Å². The first-order valence-electron chi connectivity index (χ1n) is 6.57. The van der Waals surface area contributed by atoms with E-state index in [0.717, 1.165) is 28.9 Å². The average molecular weight is 365 g/mol. The molecule has 132 valence electrons. The SMILES string of the molecule is CN(CC(=O)NCc1nnc2cc(C(F)(F)F)ccn12)S(C)(=O)=O. The van der Waals surface area contributed by atoms with Crippen LogP contribution in [0.2, 0.25) is 0 Å². The van der Waals surface area contributed by atoms with Gasteiger partial charge in [-0.05, 0) is 12.1 Å². The third-order valence-electron chi connectivity index (χ3n) is 3.18. The molecule has 0 aromatic carbocycles. The van der Waals surface area contributed by atoms with Crippen LogP contribution in [0.15, 0.2) is 18.3 Å². The van der Waals surface area contributed by atoms with Crippen molar-refractivity contribution in [3.05, 3.63) is 29.7 Å². The first kappa shape index (κ1) is 18.1. The van der Waals surface area contributed by atoms with Crippen molar-refractivity contribution in [1.29, 1.82) is 0 Å². The van der Waals surface area contributed by atoms with Crippen molar-refractivity contribution < 1.29 is 26.4 Å². The van der Waals surface area contributed by atoms with E-state index in [1.807, 2.05) is 0 Å². The Kier molecular flexibility index (Phi) is 4.80. The molecule has 24 heavy (non-hydrogen) atoms. The molecule has 0 spiro atoms. The first-order chi connectivity index (χ1) is 11.0. The highest BCUT2D eigenvalue weighted by atomic mass is 32.2. The maximum atomic E-state index is 12.6. The summed E-state index contributed by atoms with van der Waals surface area (Å²) in [4.78, 5) is 11.7. The lowest BCUT2D eigenvalue weighted by Gasteiger charge is -2.13. The number of amides is 1. The Labute approximate surface area is 135 Å². The highest BCUT2D eigenvalue weighted by molar-refractivity contribution is 7.88. The Balaban J connectivity index is 2.07. The lowest BCUT2D eigenvalue weighted by Crippen LogP contribution is -2.37. The number of nitrogens with zero attached hydrogens (tertiary/aromatic N) is 4. The number of hydrogen-bond donors (Lipinski definition) is 1. The summed E-state index contributed by atoms with van der Waals surface area (Å²) < 4.78 is 62.5. The molecule has 2 rings (SSSR count). The molecule has 0 aliphatic heterocycles. The van der Waals surface area contributed by atoms with Crippen molar-refractivity contribution >= 4 is 21.6 Å². The molecule has 0 saturated heterocycles. The predicted octanol–water partition coefficient (Wildman–Crippen LogP) is 0.256. The Morgan fingerprint density at radius 3 is 2.62 bits per heavy atom. The van der Waals surface area contributed by atoms with Crippen LogP contribution in [0.3, 0.4) is 0 Å². The van der Waals surface area contributed by atoms with Crippen molar-refractivity contribution in [2.45, 2.75) is 12.7 Å². The van der Waals surface area contributed by atoms with Crippen LogP contribution in [0.5, 0.6) is 0 Å². The number of aromatic nitrogens is 3. The summed E-state index contributed by atoms with van der Waals surface area (Å²) in [7, 11) is -2.24. The highest BCUT2D eigenvalue weighted by Gasteiger charge is 2.31. The number of hydrogen-bond acceptors (Lipinski definition) is 5. The molecule has 0 bridgehead atoms. The van der Waals surface area contributed by atoms with Gasteiger partial charge < -0.3 is 5.32 Å². The Bertz CT molecular complexity index is 862. The zero-order chi connectivity index (χ0) is 18.1. The van der Waals surface area contributed by atoms with E-state index in [0.29, 0.717) is 0 Å². The topological polar surface area (TPSA) is 96.7 Å². The standard InChI is InChI=1S/C12H14F3N5O3S/c1-19(24(2,22)23)7-11(21)16-6-10-18-17-9-5-8(12(13,14)15)3-4-20(9)10/h3-5H,6-7H2,1-2H3,(H,16,21). The average Bonchev–Trinajstić information content (AvgIpc) is 2.85. The van der Waals surface area contributed by atoms with Gasteiger partial charge in [-0.3, -0.25) is 9.20 Å². The van der Waals surface area contributed by atoms with Gasteiger partial charge in [-0.2, -0.15) is 17.5 Å². The molecular formula is C12H14F3N5O3S. The molecule has 1 amide bonds. The summed E-state index contributed by atoms with van der Waals surface area (Å²) >= 11 is 0. The second-order valence-electron chi connectivity index (χ2n) is 5.05. The molecule has 0 aliphatic rings. The predicted molar refractivity (Wildman–Crippen MR) is 77.3 cm³/mol. The molecule has 0 unspecified atom stereocenters. The van der Waals surface area contributed by atoms with Gasteiger partial charge in [-0.25, -0.2) is 8.42 Å². The monoisotopic (exact) mass is 365 g/mol. The van der Waals surface area contributed by atoms with Crippen LogP contribution in [0.1, 0.15) is 11.4 Å². The molecule has 2 heterocycles. The number of halogens is 3. The summed E-state index contributed by atoms with van der Waals surface area (Å²) in [6, 6.07) is 1.72. The normalized spacial score (nSPS) is 12.8. The van der Waals surface area contributed by atoms with Crippen LogP contribution in [0.4, 0.5) is 13.2 Å². The Hall–Kier alpha value is -2.21. The molecule has 0 aliphatic carbocycles. The van der Waals surface area contributed by atoms with Crippen molar-refractivity contribution in [2.75, 3.05) is 19.8 Å². The molecule has 12 heteroatoms. The van der Waals surface area contributed by atoms with Crippen LogP contribution in [-0.4, -0.2) is 53.1 Å². The van der Waals surface area contributed by atoms with Gasteiger partial charge in [0.05, 0.1) is 24.9 Å². The third-order valence-corrected chi connectivity index (χ3v) is 4.45. The van der Waals surface area contributed by atoms with Crippen molar-refractivity contribution in [3.8, 4) is 0 Å². The van der Waals surface area contributed by atoms with Crippen molar-refractivity contribution in [2.24, 2.45) is 0 Å². The minimum atomic E-state index is -4.49. The molecule has 2 aromatic rings. The fourth-order valence-corrected chi connectivity index (χ4v) is 2.14. The molecule has 0 fully saturated rings. The fraction of sp³-hybridized carbons (Fsp3) is 0.417. The van der Waals surface area contributed by atoms with Crippen LogP contribution >= 0.6 is 0 Å². The number of nitrogens with one attached hydrogen (secondary N) is 1. The van der Waals surface area contributed by atoms with Gasteiger partial charge in [0.1, 0.15) is 0 Å². The zero-order valence-corrected chi connectivity index (χ0v) is 13.5. The number of carbonyl (C=O) groups excluding carboxylic acids is 1. The van der Waals surface area contributed by atoms with E-state index in [9.17, 15) is 26.4 Å². The van der Waals surface area contributed by atoms with Gasteiger partial charge in [0.15, 0.2) is 11.5 Å². The summed E-state index contributed by atoms with van der Waals surface area (Å²) in [5.41, 5.74) is -0.866. The van der Waals surface area contributed by atoms with Crippen LogP contribution < -0.4 is 5.32 Å². The molecule has 2 aromatic heterocycles. The Morgan fingerprint density at radius 1 is 1.38 bits per heavy atom. The second kappa shape index (κ2) is 6.36. The number of rotatable bonds is 5. The molecular weight excluding hydrogens is 351 g/mol. The molecule has 0 saturated carbocycles. The number of pyridine rings is 1. The maximum Gasteiger partial charge on any atom is 0.416 e. The van der Waals surface area contributed by atoms with Gasteiger partial charge in [0.2, 0.25) is 15.9 Å². The van der Waals surface area contributed by atoms with Crippen LogP contribution in [0, 0.1) is 0 Å². The van der Waals surface area contributed by atoms with Crippen LogP contribution in [0.25, 0.3) is 5.65 Å². The minimum Gasteiger partial charge on any atom is -0.348 e. The smallest absolute Gasteiger partial charge is 0.348 e. The third kappa shape index (κ3) is 4.20. The highest BCUT2D eigenvalue weighted by Crippen LogP contribution is 2.29. The number of alkyl halides is 3. The number of sulfonamides is 1. The van der Waals surface area contributed by atoms with Gasteiger partial charge in [0, 0.05) is 13.2 Å².